The molecule has 0 spiro atoms. The third kappa shape index (κ3) is 4.04. The van der Waals surface area contributed by atoms with Crippen LogP contribution in [0.5, 0.6) is 11.5 Å². The number of ether oxygens (including phenoxy) is 2. The first kappa shape index (κ1) is 16.7. The van der Waals surface area contributed by atoms with Gasteiger partial charge in [-0.3, -0.25) is 4.90 Å². The first-order valence-electron chi connectivity index (χ1n) is 8.18. The zero-order valence-corrected chi connectivity index (χ0v) is 13.7. The number of rotatable bonds is 7. The normalized spacial score (nSPS) is 14.2. The van der Waals surface area contributed by atoms with Gasteiger partial charge in [-0.15, -0.1) is 0 Å². The molecule has 0 aromatic heterocycles. The SMILES string of the molecule is CC[C@H](O)CN(Cc1ccc2c(c1)OCO2)Cc1ccccc1F. The third-order valence-electron chi connectivity index (χ3n) is 4.14. The molecule has 0 radical (unpaired) electrons. The Morgan fingerprint density at radius 3 is 2.71 bits per heavy atom. The highest BCUT2D eigenvalue weighted by molar-refractivity contribution is 5.44. The maximum Gasteiger partial charge on any atom is 0.231 e. The van der Waals surface area contributed by atoms with E-state index in [1.807, 2.05) is 36.1 Å². The lowest BCUT2D eigenvalue weighted by atomic mass is 10.1. The Bertz CT molecular complexity index is 692. The Balaban J connectivity index is 1.75. The summed E-state index contributed by atoms with van der Waals surface area (Å²) in [5, 5.41) is 10.0. The minimum Gasteiger partial charge on any atom is -0.454 e. The molecule has 4 nitrogen and oxygen atoms in total. The number of hydrogen-bond donors (Lipinski definition) is 1. The predicted molar refractivity (Wildman–Crippen MR) is 89.4 cm³/mol. The molecule has 1 aliphatic rings. The highest BCUT2D eigenvalue weighted by atomic mass is 19.1. The number of fused-ring (bicyclic) bond motifs is 1. The van der Waals surface area contributed by atoms with E-state index in [9.17, 15) is 9.50 Å². The van der Waals surface area contributed by atoms with Gasteiger partial charge in [0.25, 0.3) is 0 Å². The summed E-state index contributed by atoms with van der Waals surface area (Å²) >= 11 is 0. The summed E-state index contributed by atoms with van der Waals surface area (Å²) in [7, 11) is 0. The van der Waals surface area contributed by atoms with Crippen LogP contribution >= 0.6 is 0 Å². The Morgan fingerprint density at radius 2 is 1.92 bits per heavy atom. The van der Waals surface area contributed by atoms with Crippen LogP contribution in [0.3, 0.4) is 0 Å². The van der Waals surface area contributed by atoms with Gasteiger partial charge in [0.05, 0.1) is 6.10 Å². The predicted octanol–water partition coefficient (Wildman–Crippen LogP) is 3.33. The van der Waals surface area contributed by atoms with Crippen LogP contribution in [0.4, 0.5) is 4.39 Å². The number of halogens is 1. The Morgan fingerprint density at radius 1 is 1.12 bits per heavy atom. The van der Waals surface area contributed by atoms with Gasteiger partial charge in [-0.05, 0) is 30.2 Å². The maximum atomic E-state index is 14.0. The molecule has 0 bridgehead atoms. The minimum atomic E-state index is -0.439. The summed E-state index contributed by atoms with van der Waals surface area (Å²) in [5.74, 6) is 1.25. The fourth-order valence-electron chi connectivity index (χ4n) is 2.78. The van der Waals surface area contributed by atoms with Crippen molar-refractivity contribution in [1.82, 2.24) is 4.90 Å². The van der Waals surface area contributed by atoms with Gasteiger partial charge >= 0.3 is 0 Å². The first-order chi connectivity index (χ1) is 11.7. The summed E-state index contributed by atoms with van der Waals surface area (Å²) < 4.78 is 24.7. The van der Waals surface area contributed by atoms with Gasteiger partial charge in [0.15, 0.2) is 11.5 Å². The Kier molecular flexibility index (Phi) is 5.33. The molecule has 2 aromatic carbocycles. The molecule has 24 heavy (non-hydrogen) atoms. The lowest BCUT2D eigenvalue weighted by Gasteiger charge is -2.25. The molecule has 1 atom stereocenters. The molecule has 2 aromatic rings. The zero-order chi connectivity index (χ0) is 16.9. The van der Waals surface area contributed by atoms with Crippen molar-refractivity contribution in [3.8, 4) is 11.5 Å². The summed E-state index contributed by atoms with van der Waals surface area (Å²) in [6, 6.07) is 12.5. The smallest absolute Gasteiger partial charge is 0.231 e. The van der Waals surface area contributed by atoms with E-state index in [0.29, 0.717) is 31.6 Å². The molecule has 1 heterocycles. The number of benzene rings is 2. The third-order valence-corrected chi connectivity index (χ3v) is 4.14. The minimum absolute atomic E-state index is 0.223. The molecule has 0 amide bonds. The molecule has 1 N–H and O–H groups in total. The van der Waals surface area contributed by atoms with Crippen LogP contribution in [-0.2, 0) is 13.1 Å². The van der Waals surface area contributed by atoms with Gasteiger partial charge in [0.1, 0.15) is 5.82 Å². The van der Waals surface area contributed by atoms with Crippen LogP contribution < -0.4 is 9.47 Å². The van der Waals surface area contributed by atoms with E-state index < -0.39 is 6.10 Å². The zero-order valence-electron chi connectivity index (χ0n) is 13.7. The second-order valence-corrected chi connectivity index (χ2v) is 6.01. The van der Waals surface area contributed by atoms with Gasteiger partial charge in [-0.25, -0.2) is 4.39 Å². The Hall–Kier alpha value is -2.11. The highest BCUT2D eigenvalue weighted by Gasteiger charge is 2.17. The van der Waals surface area contributed by atoms with Crippen molar-refractivity contribution in [2.75, 3.05) is 13.3 Å². The number of hydrogen-bond acceptors (Lipinski definition) is 4. The van der Waals surface area contributed by atoms with Gasteiger partial charge in [-0.1, -0.05) is 31.2 Å². The standard InChI is InChI=1S/C19H22FNO3/c1-2-16(22)12-21(11-15-5-3-4-6-17(15)20)10-14-7-8-18-19(9-14)24-13-23-18/h3-9,16,22H,2,10-13H2,1H3/t16-/m0/s1. The number of nitrogens with zero attached hydrogens (tertiary/aromatic N) is 1. The summed E-state index contributed by atoms with van der Waals surface area (Å²) in [5.41, 5.74) is 1.67. The van der Waals surface area contributed by atoms with Gasteiger partial charge in [-0.2, -0.15) is 0 Å². The van der Waals surface area contributed by atoms with Gasteiger partial charge in [0, 0.05) is 25.2 Å². The molecule has 1 aliphatic heterocycles. The van der Waals surface area contributed by atoms with E-state index in [4.69, 9.17) is 9.47 Å². The second kappa shape index (κ2) is 7.64. The molecular weight excluding hydrogens is 309 g/mol. The average Bonchev–Trinajstić information content (AvgIpc) is 3.04. The lowest BCUT2D eigenvalue weighted by molar-refractivity contribution is 0.101. The van der Waals surface area contributed by atoms with Crippen molar-refractivity contribution in [3.05, 3.63) is 59.4 Å². The number of aliphatic hydroxyl groups is 1. The van der Waals surface area contributed by atoms with Crippen LogP contribution in [0.15, 0.2) is 42.5 Å². The molecule has 0 unspecified atom stereocenters. The summed E-state index contributed by atoms with van der Waals surface area (Å²) in [6.07, 6.45) is 0.223. The van der Waals surface area contributed by atoms with E-state index in [0.717, 1.165) is 17.1 Å². The van der Waals surface area contributed by atoms with E-state index >= 15 is 0 Å². The second-order valence-electron chi connectivity index (χ2n) is 6.01. The first-order valence-corrected chi connectivity index (χ1v) is 8.18. The van der Waals surface area contributed by atoms with Crippen molar-refractivity contribution in [2.45, 2.75) is 32.5 Å². The molecule has 0 saturated carbocycles. The van der Waals surface area contributed by atoms with Gasteiger partial charge in [0.2, 0.25) is 6.79 Å². The maximum absolute atomic E-state index is 14.0. The van der Waals surface area contributed by atoms with Crippen LogP contribution in [0.1, 0.15) is 24.5 Å². The molecule has 5 heteroatoms. The van der Waals surface area contributed by atoms with E-state index in [1.54, 1.807) is 12.1 Å². The summed E-state index contributed by atoms with van der Waals surface area (Å²) in [4.78, 5) is 2.05. The average molecular weight is 331 g/mol. The molecule has 3 rings (SSSR count). The van der Waals surface area contributed by atoms with Crippen molar-refractivity contribution in [3.63, 3.8) is 0 Å². The van der Waals surface area contributed by atoms with E-state index in [1.165, 1.54) is 6.07 Å². The Labute approximate surface area is 141 Å². The molecule has 0 fully saturated rings. The molecule has 0 saturated heterocycles. The van der Waals surface area contributed by atoms with Crippen molar-refractivity contribution in [2.24, 2.45) is 0 Å². The van der Waals surface area contributed by atoms with Crippen LogP contribution in [0.25, 0.3) is 0 Å². The molecular formula is C19H22FNO3. The molecule has 0 aliphatic carbocycles. The van der Waals surface area contributed by atoms with Crippen LogP contribution in [0, 0.1) is 5.82 Å². The van der Waals surface area contributed by atoms with Crippen molar-refractivity contribution in [1.29, 1.82) is 0 Å². The van der Waals surface area contributed by atoms with Crippen LogP contribution in [0.2, 0.25) is 0 Å². The van der Waals surface area contributed by atoms with Gasteiger partial charge < -0.3 is 14.6 Å². The fourth-order valence-corrected chi connectivity index (χ4v) is 2.78. The van der Waals surface area contributed by atoms with Crippen molar-refractivity contribution < 1.29 is 19.0 Å². The van der Waals surface area contributed by atoms with E-state index in [2.05, 4.69) is 0 Å². The summed E-state index contributed by atoms with van der Waals surface area (Å²) in [6.45, 7) is 3.71. The van der Waals surface area contributed by atoms with Crippen LogP contribution in [-0.4, -0.2) is 29.4 Å². The largest absolute Gasteiger partial charge is 0.454 e. The lowest BCUT2D eigenvalue weighted by Crippen LogP contribution is -2.31. The quantitative estimate of drug-likeness (QED) is 0.845. The number of aliphatic hydroxyl groups excluding tert-OH is 1. The molecule has 128 valence electrons. The van der Waals surface area contributed by atoms with Crippen molar-refractivity contribution >= 4 is 0 Å². The fraction of sp³-hybridized carbons (Fsp3) is 0.368. The monoisotopic (exact) mass is 331 g/mol. The topological polar surface area (TPSA) is 41.9 Å². The van der Waals surface area contributed by atoms with E-state index in [-0.39, 0.29) is 12.6 Å². The highest BCUT2D eigenvalue weighted by Crippen LogP contribution is 2.33.